The van der Waals surface area contributed by atoms with Gasteiger partial charge in [-0.25, -0.2) is 5.43 Å². The number of methoxy groups -OCH3 is 2. The minimum absolute atomic E-state index is 0.129. The third-order valence-electron chi connectivity index (χ3n) is 4.54. The number of hydrogen-bond donors (Lipinski definition) is 1. The van der Waals surface area contributed by atoms with E-state index >= 15 is 0 Å². The van der Waals surface area contributed by atoms with Gasteiger partial charge in [0, 0.05) is 10.5 Å². The molecule has 1 N–H and O–H groups in total. The standard InChI is InChI=1S/C22H17BrN4O8/c1-33-18-7-4-14(23)10-16(18)22(28)25-24-12-13-3-6-20(21(9-13)34-2)35-19-8-5-15(26(29)30)11-17(19)27(31)32/h3-12H,1-2H3,(H,25,28)/b24-12-. The molecule has 0 aliphatic carbocycles. The summed E-state index contributed by atoms with van der Waals surface area (Å²) in [4.78, 5) is 33.2. The molecule has 0 heterocycles. The van der Waals surface area contributed by atoms with E-state index in [-0.39, 0.29) is 22.8 Å². The second-order valence-electron chi connectivity index (χ2n) is 6.72. The second kappa shape index (κ2) is 11.1. The predicted molar refractivity (Wildman–Crippen MR) is 129 cm³/mol. The molecule has 1 amide bonds. The number of nitro benzene ring substituents is 2. The molecule has 13 heteroatoms. The minimum Gasteiger partial charge on any atom is -0.496 e. The predicted octanol–water partition coefficient (Wildman–Crippen LogP) is 4.84. The SMILES string of the molecule is COc1cc(/C=N\NC(=O)c2cc(Br)ccc2OC)ccc1Oc1ccc([N+](=O)[O-])cc1[N+](=O)[O-]. The van der Waals surface area contributed by atoms with Crippen molar-refractivity contribution in [3.8, 4) is 23.0 Å². The van der Waals surface area contributed by atoms with Crippen LogP contribution in [0.15, 0.2) is 64.2 Å². The molecule has 3 rings (SSSR count). The maximum absolute atomic E-state index is 12.4. The molecule has 180 valence electrons. The molecule has 0 bridgehead atoms. The first-order valence-electron chi connectivity index (χ1n) is 9.69. The quantitative estimate of drug-likeness (QED) is 0.228. The van der Waals surface area contributed by atoms with E-state index < -0.39 is 27.1 Å². The molecule has 3 aromatic rings. The van der Waals surface area contributed by atoms with Crippen molar-refractivity contribution in [3.63, 3.8) is 0 Å². The molecule has 12 nitrogen and oxygen atoms in total. The maximum Gasteiger partial charge on any atom is 0.318 e. The fourth-order valence-electron chi connectivity index (χ4n) is 2.90. The van der Waals surface area contributed by atoms with Gasteiger partial charge in [0.1, 0.15) is 5.75 Å². The fraction of sp³-hybridized carbons (Fsp3) is 0.0909. The normalized spacial score (nSPS) is 10.6. The van der Waals surface area contributed by atoms with Gasteiger partial charge in [-0.3, -0.25) is 25.0 Å². The lowest BCUT2D eigenvalue weighted by Crippen LogP contribution is -2.18. The lowest BCUT2D eigenvalue weighted by Gasteiger charge is -2.11. The van der Waals surface area contributed by atoms with Crippen LogP contribution in [0.25, 0.3) is 0 Å². The van der Waals surface area contributed by atoms with Gasteiger partial charge >= 0.3 is 5.69 Å². The Balaban J connectivity index is 1.79. The van der Waals surface area contributed by atoms with Crippen molar-refractivity contribution < 1.29 is 28.9 Å². The highest BCUT2D eigenvalue weighted by atomic mass is 79.9. The molecule has 35 heavy (non-hydrogen) atoms. The van der Waals surface area contributed by atoms with Crippen LogP contribution in [0.3, 0.4) is 0 Å². The molecule has 3 aromatic carbocycles. The number of ether oxygens (including phenoxy) is 3. The molecule has 0 radical (unpaired) electrons. The monoisotopic (exact) mass is 544 g/mol. The van der Waals surface area contributed by atoms with Gasteiger partial charge < -0.3 is 14.2 Å². The van der Waals surface area contributed by atoms with E-state index in [1.54, 1.807) is 24.3 Å². The van der Waals surface area contributed by atoms with Gasteiger partial charge in [0.15, 0.2) is 11.5 Å². The van der Waals surface area contributed by atoms with Crippen molar-refractivity contribution >= 4 is 39.4 Å². The molecule has 0 aliphatic heterocycles. The van der Waals surface area contributed by atoms with Crippen molar-refractivity contribution in [1.82, 2.24) is 5.43 Å². The summed E-state index contributed by atoms with van der Waals surface area (Å²) in [7, 11) is 2.82. The lowest BCUT2D eigenvalue weighted by molar-refractivity contribution is -0.394. The average molecular weight is 545 g/mol. The molecule has 0 saturated heterocycles. The number of non-ortho nitro benzene ring substituents is 1. The van der Waals surface area contributed by atoms with Gasteiger partial charge in [0.25, 0.3) is 11.6 Å². The Morgan fingerprint density at radius 3 is 2.26 bits per heavy atom. The van der Waals surface area contributed by atoms with Crippen LogP contribution < -0.4 is 19.6 Å². The van der Waals surface area contributed by atoms with Crippen LogP contribution in [0.4, 0.5) is 11.4 Å². The molecule has 0 saturated carbocycles. The Morgan fingerprint density at radius 1 is 0.914 bits per heavy atom. The zero-order valence-corrected chi connectivity index (χ0v) is 19.8. The summed E-state index contributed by atoms with van der Waals surface area (Å²) in [5.41, 5.74) is 2.20. The number of halogens is 1. The summed E-state index contributed by atoms with van der Waals surface area (Å²) in [6, 6.07) is 12.6. The van der Waals surface area contributed by atoms with E-state index in [0.717, 1.165) is 18.2 Å². The zero-order chi connectivity index (χ0) is 25.5. The summed E-state index contributed by atoms with van der Waals surface area (Å²) in [6.07, 6.45) is 1.36. The van der Waals surface area contributed by atoms with Crippen LogP contribution in [0.2, 0.25) is 0 Å². The number of nitrogens with one attached hydrogen (secondary N) is 1. The zero-order valence-electron chi connectivity index (χ0n) is 18.3. The van der Waals surface area contributed by atoms with Crippen molar-refractivity contribution in [1.29, 1.82) is 0 Å². The third-order valence-corrected chi connectivity index (χ3v) is 5.04. The first-order valence-corrected chi connectivity index (χ1v) is 10.5. The number of rotatable bonds is 9. The maximum atomic E-state index is 12.4. The molecule has 0 spiro atoms. The highest BCUT2D eigenvalue weighted by molar-refractivity contribution is 9.10. The first kappa shape index (κ1) is 25.1. The van der Waals surface area contributed by atoms with Gasteiger partial charge in [-0.05, 0) is 48.0 Å². The van der Waals surface area contributed by atoms with Crippen molar-refractivity contribution in [3.05, 3.63) is 90.4 Å². The Bertz CT molecular complexity index is 1330. The summed E-state index contributed by atoms with van der Waals surface area (Å²) in [5.74, 6) is 0.0304. The van der Waals surface area contributed by atoms with E-state index in [0.29, 0.717) is 15.8 Å². The van der Waals surface area contributed by atoms with Crippen LogP contribution in [0.5, 0.6) is 23.0 Å². The minimum atomic E-state index is -0.779. The molecule has 0 aromatic heterocycles. The van der Waals surface area contributed by atoms with Crippen LogP contribution in [-0.2, 0) is 0 Å². The number of hydrogen-bond acceptors (Lipinski definition) is 9. The highest BCUT2D eigenvalue weighted by Crippen LogP contribution is 2.38. The number of hydrazone groups is 1. The largest absolute Gasteiger partial charge is 0.496 e. The number of benzene rings is 3. The van der Waals surface area contributed by atoms with Gasteiger partial charge in [-0.15, -0.1) is 0 Å². The second-order valence-corrected chi connectivity index (χ2v) is 7.64. The molecule has 0 unspecified atom stereocenters. The smallest absolute Gasteiger partial charge is 0.318 e. The van der Waals surface area contributed by atoms with Crippen molar-refractivity contribution in [2.45, 2.75) is 0 Å². The lowest BCUT2D eigenvalue weighted by atomic mass is 10.2. The van der Waals surface area contributed by atoms with Crippen LogP contribution in [-0.4, -0.2) is 36.2 Å². The molecule has 0 fully saturated rings. The Kier molecular flexibility index (Phi) is 7.94. The van der Waals surface area contributed by atoms with E-state index in [2.05, 4.69) is 26.5 Å². The van der Waals surface area contributed by atoms with Crippen LogP contribution in [0.1, 0.15) is 15.9 Å². The number of nitro groups is 2. The summed E-state index contributed by atoms with van der Waals surface area (Å²) < 4.78 is 16.8. The molecule has 0 aliphatic rings. The van der Waals surface area contributed by atoms with Crippen molar-refractivity contribution in [2.24, 2.45) is 5.10 Å². The topological polar surface area (TPSA) is 155 Å². The van der Waals surface area contributed by atoms with Gasteiger partial charge in [-0.1, -0.05) is 15.9 Å². The Morgan fingerprint density at radius 2 is 1.60 bits per heavy atom. The number of nitrogens with zero attached hydrogens (tertiary/aromatic N) is 3. The number of carbonyl (C=O) groups excluding carboxylic acids is 1. The Hall–Kier alpha value is -4.52. The van der Waals surface area contributed by atoms with Gasteiger partial charge in [-0.2, -0.15) is 5.10 Å². The van der Waals surface area contributed by atoms with Gasteiger partial charge in [0.05, 0.1) is 41.9 Å². The van der Waals surface area contributed by atoms with E-state index in [1.807, 2.05) is 0 Å². The number of amides is 1. The molecule has 0 atom stereocenters. The van der Waals surface area contributed by atoms with E-state index in [4.69, 9.17) is 14.2 Å². The highest BCUT2D eigenvalue weighted by Gasteiger charge is 2.22. The van der Waals surface area contributed by atoms with Crippen LogP contribution in [0, 0.1) is 20.2 Å². The molecular formula is C22H17BrN4O8. The summed E-state index contributed by atoms with van der Waals surface area (Å²) >= 11 is 3.30. The fourth-order valence-corrected chi connectivity index (χ4v) is 3.26. The van der Waals surface area contributed by atoms with Gasteiger partial charge in [0.2, 0.25) is 5.75 Å². The molecular weight excluding hydrogens is 528 g/mol. The van der Waals surface area contributed by atoms with Crippen molar-refractivity contribution in [2.75, 3.05) is 14.2 Å². The van der Waals surface area contributed by atoms with Crippen LogP contribution >= 0.6 is 15.9 Å². The Labute approximate surface area is 206 Å². The van der Waals surface area contributed by atoms with E-state index in [1.165, 1.54) is 32.6 Å². The summed E-state index contributed by atoms with van der Waals surface area (Å²) in [5, 5.41) is 26.2. The number of carbonyl (C=O) groups is 1. The third kappa shape index (κ3) is 6.09. The summed E-state index contributed by atoms with van der Waals surface area (Å²) in [6.45, 7) is 0. The average Bonchev–Trinajstić information content (AvgIpc) is 2.84. The first-order chi connectivity index (χ1) is 16.7. The van der Waals surface area contributed by atoms with E-state index in [9.17, 15) is 25.0 Å².